The Labute approximate surface area is 124 Å². The summed E-state index contributed by atoms with van der Waals surface area (Å²) in [5.74, 6) is 1.92. The summed E-state index contributed by atoms with van der Waals surface area (Å²) in [6.45, 7) is 5.37. The molecule has 1 aliphatic rings. The molecular weight excluding hydrogens is 264 g/mol. The van der Waals surface area contributed by atoms with Crippen molar-refractivity contribution < 1.29 is 5.11 Å². The highest BCUT2D eigenvalue weighted by Crippen LogP contribution is 2.25. The van der Waals surface area contributed by atoms with E-state index in [2.05, 4.69) is 19.8 Å². The summed E-state index contributed by atoms with van der Waals surface area (Å²) in [7, 11) is 0. The molecule has 0 aromatic carbocycles. The molecule has 3 heterocycles. The Bertz CT molecular complexity index is 580. The van der Waals surface area contributed by atoms with Crippen LogP contribution < -0.4 is 9.80 Å². The number of aliphatic hydroxyl groups is 1. The Morgan fingerprint density at radius 1 is 0.952 bits per heavy atom. The van der Waals surface area contributed by atoms with E-state index in [4.69, 9.17) is 0 Å². The lowest BCUT2D eigenvalue weighted by Gasteiger charge is -2.37. The highest BCUT2D eigenvalue weighted by molar-refractivity contribution is 5.50. The van der Waals surface area contributed by atoms with Gasteiger partial charge in [0, 0.05) is 44.1 Å². The molecule has 0 amide bonds. The van der Waals surface area contributed by atoms with Crippen molar-refractivity contribution in [1.29, 1.82) is 0 Å². The van der Waals surface area contributed by atoms with E-state index < -0.39 is 6.10 Å². The number of hydrogen-bond acceptors (Lipinski definition) is 5. The van der Waals surface area contributed by atoms with Gasteiger partial charge in [0.05, 0.1) is 6.10 Å². The van der Waals surface area contributed by atoms with Gasteiger partial charge in [-0.1, -0.05) is 12.1 Å². The summed E-state index contributed by atoms with van der Waals surface area (Å²) in [5, 5.41) is 9.88. The second kappa shape index (κ2) is 6.10. The van der Waals surface area contributed by atoms with E-state index in [9.17, 15) is 5.11 Å². The average Bonchev–Trinajstić information content (AvgIpc) is 2.56. The number of anilines is 2. The maximum absolute atomic E-state index is 9.88. The van der Waals surface area contributed by atoms with Gasteiger partial charge in [0.25, 0.3) is 0 Å². The first kappa shape index (κ1) is 13.8. The number of aliphatic hydroxyl groups excluding tert-OH is 1. The molecule has 3 rings (SSSR count). The second-order valence-corrected chi connectivity index (χ2v) is 5.25. The van der Waals surface area contributed by atoms with Crippen molar-refractivity contribution in [2.45, 2.75) is 13.0 Å². The lowest BCUT2D eigenvalue weighted by Crippen LogP contribution is -2.47. The fourth-order valence-corrected chi connectivity index (χ4v) is 2.69. The van der Waals surface area contributed by atoms with E-state index in [1.807, 2.05) is 36.5 Å². The largest absolute Gasteiger partial charge is 0.389 e. The molecule has 0 radical (unpaired) electrons. The van der Waals surface area contributed by atoms with Gasteiger partial charge in [-0.3, -0.25) is 0 Å². The summed E-state index contributed by atoms with van der Waals surface area (Å²) in [6.07, 6.45) is 3.11. The van der Waals surface area contributed by atoms with Crippen LogP contribution in [0.1, 0.15) is 18.6 Å². The van der Waals surface area contributed by atoms with Crippen LogP contribution in [0.2, 0.25) is 0 Å². The van der Waals surface area contributed by atoms with Crippen LogP contribution in [0.4, 0.5) is 11.6 Å². The molecule has 0 saturated carbocycles. The van der Waals surface area contributed by atoms with Gasteiger partial charge in [0.2, 0.25) is 0 Å². The smallest absolute Gasteiger partial charge is 0.134 e. The second-order valence-electron chi connectivity index (χ2n) is 5.25. The van der Waals surface area contributed by atoms with E-state index in [0.717, 1.165) is 43.4 Å². The number of piperazine rings is 1. The first-order chi connectivity index (χ1) is 10.3. The third kappa shape index (κ3) is 2.97. The molecule has 5 nitrogen and oxygen atoms in total. The first-order valence-corrected chi connectivity index (χ1v) is 7.29. The van der Waals surface area contributed by atoms with Crippen LogP contribution in [0.15, 0.2) is 42.7 Å². The zero-order chi connectivity index (χ0) is 14.7. The van der Waals surface area contributed by atoms with Gasteiger partial charge in [0.1, 0.15) is 11.6 Å². The topological polar surface area (TPSA) is 52.5 Å². The summed E-state index contributed by atoms with van der Waals surface area (Å²) in [5.41, 5.74) is 0.892. The molecule has 2 aromatic heterocycles. The van der Waals surface area contributed by atoms with Crippen molar-refractivity contribution >= 4 is 11.6 Å². The highest BCUT2D eigenvalue weighted by Gasteiger charge is 2.21. The number of rotatable bonds is 3. The minimum Gasteiger partial charge on any atom is -0.389 e. The van der Waals surface area contributed by atoms with Crippen LogP contribution in [-0.2, 0) is 0 Å². The van der Waals surface area contributed by atoms with Crippen molar-refractivity contribution in [2.75, 3.05) is 36.0 Å². The monoisotopic (exact) mass is 284 g/mol. The first-order valence-electron chi connectivity index (χ1n) is 7.29. The fourth-order valence-electron chi connectivity index (χ4n) is 2.69. The lowest BCUT2D eigenvalue weighted by molar-refractivity contribution is 0.199. The van der Waals surface area contributed by atoms with Gasteiger partial charge >= 0.3 is 0 Å². The van der Waals surface area contributed by atoms with Crippen molar-refractivity contribution in [3.05, 3.63) is 48.3 Å². The van der Waals surface area contributed by atoms with Gasteiger partial charge in [-0.05, 0) is 25.1 Å². The maximum atomic E-state index is 9.88. The summed E-state index contributed by atoms with van der Waals surface area (Å²) in [6, 6.07) is 9.80. The van der Waals surface area contributed by atoms with Gasteiger partial charge in [-0.15, -0.1) is 0 Å². The average molecular weight is 284 g/mol. The molecule has 0 spiro atoms. The molecule has 0 unspecified atom stereocenters. The molecule has 0 bridgehead atoms. The molecule has 1 aliphatic heterocycles. The highest BCUT2D eigenvalue weighted by atomic mass is 16.3. The Morgan fingerprint density at radius 2 is 1.67 bits per heavy atom. The molecule has 110 valence electrons. The molecule has 5 heteroatoms. The summed E-state index contributed by atoms with van der Waals surface area (Å²) < 4.78 is 0. The van der Waals surface area contributed by atoms with Crippen LogP contribution in [0.25, 0.3) is 0 Å². The number of aromatic nitrogens is 2. The van der Waals surface area contributed by atoms with E-state index in [1.165, 1.54) is 0 Å². The number of pyridine rings is 2. The normalized spacial score (nSPS) is 16.9. The van der Waals surface area contributed by atoms with Crippen molar-refractivity contribution in [2.24, 2.45) is 0 Å². The molecule has 1 atom stereocenters. The van der Waals surface area contributed by atoms with Crippen LogP contribution >= 0.6 is 0 Å². The van der Waals surface area contributed by atoms with E-state index >= 15 is 0 Å². The van der Waals surface area contributed by atoms with Gasteiger partial charge in [-0.2, -0.15) is 0 Å². The van der Waals surface area contributed by atoms with Crippen LogP contribution in [-0.4, -0.2) is 41.3 Å². The third-order valence-electron chi connectivity index (χ3n) is 3.82. The third-order valence-corrected chi connectivity index (χ3v) is 3.82. The Hall–Kier alpha value is -2.14. The Balaban J connectivity index is 1.72. The molecule has 21 heavy (non-hydrogen) atoms. The standard InChI is InChI=1S/C16H20N4O/c1-13(21)14-5-4-8-18-16(14)20-11-9-19(10-12-20)15-6-2-3-7-17-15/h2-8,13,21H,9-12H2,1H3/t13-/m1/s1. The zero-order valence-corrected chi connectivity index (χ0v) is 12.2. The predicted molar refractivity (Wildman–Crippen MR) is 83.5 cm³/mol. The van der Waals surface area contributed by atoms with Crippen LogP contribution in [0.5, 0.6) is 0 Å². The molecule has 2 aromatic rings. The summed E-state index contributed by atoms with van der Waals surface area (Å²) >= 11 is 0. The van der Waals surface area contributed by atoms with Gasteiger partial charge < -0.3 is 14.9 Å². The van der Waals surface area contributed by atoms with Crippen molar-refractivity contribution in [1.82, 2.24) is 9.97 Å². The van der Waals surface area contributed by atoms with E-state index in [-0.39, 0.29) is 0 Å². The molecule has 1 fully saturated rings. The SMILES string of the molecule is C[C@@H](O)c1cccnc1N1CCN(c2ccccn2)CC1. The lowest BCUT2D eigenvalue weighted by atomic mass is 10.1. The van der Waals surface area contributed by atoms with Crippen LogP contribution in [0.3, 0.4) is 0 Å². The minimum atomic E-state index is -0.498. The molecule has 0 aliphatic carbocycles. The fraction of sp³-hybridized carbons (Fsp3) is 0.375. The minimum absolute atomic E-state index is 0.498. The molecule has 1 saturated heterocycles. The summed E-state index contributed by atoms with van der Waals surface area (Å²) in [4.78, 5) is 13.4. The Kier molecular flexibility index (Phi) is 4.01. The van der Waals surface area contributed by atoms with Gasteiger partial charge in [-0.25, -0.2) is 9.97 Å². The molecule has 1 N–H and O–H groups in total. The van der Waals surface area contributed by atoms with Gasteiger partial charge in [0.15, 0.2) is 0 Å². The number of hydrogen-bond donors (Lipinski definition) is 1. The zero-order valence-electron chi connectivity index (χ0n) is 12.2. The van der Waals surface area contributed by atoms with Crippen molar-refractivity contribution in [3.8, 4) is 0 Å². The Morgan fingerprint density at radius 3 is 2.33 bits per heavy atom. The number of nitrogens with zero attached hydrogens (tertiary/aromatic N) is 4. The quantitative estimate of drug-likeness (QED) is 0.932. The predicted octanol–water partition coefficient (Wildman–Crippen LogP) is 1.86. The van der Waals surface area contributed by atoms with Crippen molar-refractivity contribution in [3.63, 3.8) is 0 Å². The van der Waals surface area contributed by atoms with E-state index in [1.54, 1.807) is 13.1 Å². The maximum Gasteiger partial charge on any atom is 0.134 e. The van der Waals surface area contributed by atoms with E-state index in [0.29, 0.717) is 0 Å². The molecular formula is C16H20N4O. The van der Waals surface area contributed by atoms with Crippen LogP contribution in [0, 0.1) is 0 Å².